The fourth-order valence-corrected chi connectivity index (χ4v) is 4.71. The minimum atomic E-state index is -0.748. The number of nitrogens with zero attached hydrogens (tertiary/aromatic N) is 1. The molecule has 0 radical (unpaired) electrons. The largest absolute Gasteiger partial charge is 0.507 e. The van der Waals surface area contributed by atoms with E-state index in [0.29, 0.717) is 29.5 Å². The number of ketones is 1. The van der Waals surface area contributed by atoms with E-state index in [0.717, 1.165) is 36.8 Å². The van der Waals surface area contributed by atoms with Gasteiger partial charge in [-0.05, 0) is 66.1 Å². The number of carbonyl (C=O) groups excluding carboxylic acids is 2. The van der Waals surface area contributed by atoms with Crippen LogP contribution < -0.4 is 9.64 Å². The number of Topliss-reactive ketones (excluding diaryl/α,β-unsaturated/α-hetero) is 1. The second kappa shape index (κ2) is 12.1. The Balaban J connectivity index is 1.81. The molecule has 1 saturated heterocycles. The lowest BCUT2D eigenvalue weighted by molar-refractivity contribution is -0.132. The van der Waals surface area contributed by atoms with E-state index < -0.39 is 17.7 Å². The average molecular weight is 512 g/mol. The molecule has 1 N–H and O–H groups in total. The molecule has 1 aliphatic rings. The fraction of sp³-hybridized carbons (Fsp3) is 0.333. The van der Waals surface area contributed by atoms with E-state index in [-0.39, 0.29) is 11.3 Å². The zero-order valence-corrected chi connectivity index (χ0v) is 22.7. The Bertz CT molecular complexity index is 1310. The molecule has 1 amide bonds. The molecule has 0 aromatic heterocycles. The predicted octanol–water partition coefficient (Wildman–Crippen LogP) is 7.25. The molecule has 0 spiro atoms. The van der Waals surface area contributed by atoms with Crippen LogP contribution in [0.5, 0.6) is 5.75 Å². The predicted molar refractivity (Wildman–Crippen MR) is 152 cm³/mol. The Morgan fingerprint density at radius 1 is 0.947 bits per heavy atom. The number of unbranched alkanes of at least 4 members (excludes halogenated alkanes) is 1. The van der Waals surface area contributed by atoms with Gasteiger partial charge < -0.3 is 9.84 Å². The van der Waals surface area contributed by atoms with E-state index in [2.05, 4.69) is 27.7 Å². The lowest BCUT2D eigenvalue weighted by Gasteiger charge is -2.26. The van der Waals surface area contributed by atoms with E-state index in [4.69, 9.17) is 4.74 Å². The highest BCUT2D eigenvalue weighted by atomic mass is 16.5. The van der Waals surface area contributed by atoms with Crippen molar-refractivity contribution in [3.8, 4) is 5.75 Å². The summed E-state index contributed by atoms with van der Waals surface area (Å²) in [7, 11) is 0. The van der Waals surface area contributed by atoms with Crippen molar-refractivity contribution in [1.29, 1.82) is 0 Å². The molecule has 3 aromatic rings. The third-order valence-corrected chi connectivity index (χ3v) is 6.87. The van der Waals surface area contributed by atoms with Crippen molar-refractivity contribution >= 4 is 23.1 Å². The van der Waals surface area contributed by atoms with Gasteiger partial charge >= 0.3 is 0 Å². The van der Waals surface area contributed by atoms with Crippen LogP contribution in [0, 0.1) is 5.92 Å². The standard InChI is InChI=1S/C33H37NO4/c1-5-7-9-24-14-18-27(19-15-24)34-30(25-16-12-23(6-2)13-17-25)29(32(36)33(34)37)31(35)26-10-8-11-28(20-26)38-21-22(3)4/h8,10-20,22,30,35H,5-7,9,21H2,1-4H3/b31-29-. The van der Waals surface area contributed by atoms with Crippen LogP contribution in [0.2, 0.25) is 0 Å². The van der Waals surface area contributed by atoms with Gasteiger partial charge in [0.2, 0.25) is 0 Å². The summed E-state index contributed by atoms with van der Waals surface area (Å²) in [4.78, 5) is 28.5. The summed E-state index contributed by atoms with van der Waals surface area (Å²) in [5.74, 6) is -0.606. The van der Waals surface area contributed by atoms with Gasteiger partial charge in [0, 0.05) is 11.3 Å². The van der Waals surface area contributed by atoms with Gasteiger partial charge in [-0.25, -0.2) is 0 Å². The molecule has 1 atom stereocenters. The highest BCUT2D eigenvalue weighted by molar-refractivity contribution is 6.51. The minimum Gasteiger partial charge on any atom is -0.507 e. The van der Waals surface area contributed by atoms with E-state index in [9.17, 15) is 14.7 Å². The summed E-state index contributed by atoms with van der Waals surface area (Å²) in [5, 5.41) is 11.5. The molecule has 1 fully saturated rings. The maximum absolute atomic E-state index is 13.5. The Labute approximate surface area is 225 Å². The molecule has 0 aliphatic carbocycles. The monoisotopic (exact) mass is 511 g/mol. The summed E-state index contributed by atoms with van der Waals surface area (Å²) >= 11 is 0. The SMILES string of the molecule is CCCCc1ccc(N2C(=O)C(=O)/C(=C(\O)c3cccc(OCC(C)C)c3)C2c2ccc(CC)cc2)cc1. The van der Waals surface area contributed by atoms with Crippen LogP contribution in [0.25, 0.3) is 5.76 Å². The van der Waals surface area contributed by atoms with E-state index in [1.165, 1.54) is 10.5 Å². The van der Waals surface area contributed by atoms with Crippen molar-refractivity contribution in [3.05, 3.63) is 101 Å². The summed E-state index contributed by atoms with van der Waals surface area (Å²) in [6.45, 7) is 8.89. The Morgan fingerprint density at radius 3 is 2.26 bits per heavy atom. The van der Waals surface area contributed by atoms with Gasteiger partial charge in [0.1, 0.15) is 11.5 Å². The number of aliphatic hydroxyl groups excluding tert-OH is 1. The Kier molecular flexibility index (Phi) is 8.67. The van der Waals surface area contributed by atoms with E-state index in [1.807, 2.05) is 54.6 Å². The summed E-state index contributed by atoms with van der Waals surface area (Å²) < 4.78 is 5.84. The fourth-order valence-electron chi connectivity index (χ4n) is 4.71. The molecule has 0 saturated carbocycles. The third kappa shape index (κ3) is 5.83. The molecule has 198 valence electrons. The molecule has 1 aliphatic heterocycles. The number of rotatable bonds is 10. The molecule has 38 heavy (non-hydrogen) atoms. The quantitative estimate of drug-likeness (QED) is 0.177. The number of anilines is 1. The number of carbonyl (C=O) groups is 2. The second-order valence-electron chi connectivity index (χ2n) is 10.3. The van der Waals surface area contributed by atoms with Crippen LogP contribution in [-0.4, -0.2) is 23.4 Å². The van der Waals surface area contributed by atoms with Gasteiger partial charge in [-0.1, -0.05) is 82.6 Å². The third-order valence-electron chi connectivity index (χ3n) is 6.87. The zero-order chi connectivity index (χ0) is 27.2. The Hall–Kier alpha value is -3.86. The maximum atomic E-state index is 13.5. The maximum Gasteiger partial charge on any atom is 0.300 e. The number of hydrogen-bond acceptors (Lipinski definition) is 4. The van der Waals surface area contributed by atoms with Crippen molar-refractivity contribution in [2.24, 2.45) is 5.92 Å². The van der Waals surface area contributed by atoms with Gasteiger partial charge in [-0.2, -0.15) is 0 Å². The minimum absolute atomic E-state index is 0.0790. The van der Waals surface area contributed by atoms with Crippen molar-refractivity contribution in [2.45, 2.75) is 59.4 Å². The smallest absolute Gasteiger partial charge is 0.300 e. The van der Waals surface area contributed by atoms with Crippen LogP contribution >= 0.6 is 0 Å². The van der Waals surface area contributed by atoms with Crippen molar-refractivity contribution in [2.75, 3.05) is 11.5 Å². The summed E-state index contributed by atoms with van der Waals surface area (Å²) in [6.07, 6.45) is 4.04. The van der Waals surface area contributed by atoms with Crippen molar-refractivity contribution in [1.82, 2.24) is 0 Å². The summed E-state index contributed by atoms with van der Waals surface area (Å²) in [6, 6.07) is 22.0. The molecule has 0 bridgehead atoms. The van der Waals surface area contributed by atoms with Crippen molar-refractivity contribution < 1.29 is 19.4 Å². The zero-order valence-electron chi connectivity index (χ0n) is 22.7. The number of amides is 1. The van der Waals surface area contributed by atoms with Crippen LogP contribution in [-0.2, 0) is 22.4 Å². The van der Waals surface area contributed by atoms with Crippen LogP contribution in [0.3, 0.4) is 0 Å². The topological polar surface area (TPSA) is 66.8 Å². The highest BCUT2D eigenvalue weighted by Gasteiger charge is 2.47. The molecule has 5 nitrogen and oxygen atoms in total. The number of aliphatic hydroxyl groups is 1. The number of hydrogen-bond donors (Lipinski definition) is 1. The van der Waals surface area contributed by atoms with Crippen molar-refractivity contribution in [3.63, 3.8) is 0 Å². The first-order valence-corrected chi connectivity index (χ1v) is 13.6. The second-order valence-corrected chi connectivity index (χ2v) is 10.3. The lowest BCUT2D eigenvalue weighted by atomic mass is 9.94. The number of ether oxygens (including phenoxy) is 1. The van der Waals surface area contributed by atoms with Gasteiger partial charge in [0.05, 0.1) is 18.2 Å². The van der Waals surface area contributed by atoms with Crippen LogP contribution in [0.1, 0.15) is 68.8 Å². The molecule has 3 aromatic carbocycles. The van der Waals surface area contributed by atoms with Gasteiger partial charge in [0.25, 0.3) is 11.7 Å². The summed E-state index contributed by atoms with van der Waals surface area (Å²) in [5.41, 5.74) is 4.26. The molecule has 1 heterocycles. The normalized spacial score (nSPS) is 16.9. The van der Waals surface area contributed by atoms with Crippen LogP contribution in [0.15, 0.2) is 78.4 Å². The number of benzene rings is 3. The number of aryl methyl sites for hydroxylation is 2. The molecule has 4 rings (SSSR count). The molecule has 5 heteroatoms. The van der Waals surface area contributed by atoms with Crippen LogP contribution in [0.4, 0.5) is 5.69 Å². The highest BCUT2D eigenvalue weighted by Crippen LogP contribution is 2.42. The van der Waals surface area contributed by atoms with E-state index in [1.54, 1.807) is 18.2 Å². The molecular formula is C33H37NO4. The first kappa shape index (κ1) is 27.2. The van der Waals surface area contributed by atoms with E-state index >= 15 is 0 Å². The lowest BCUT2D eigenvalue weighted by Crippen LogP contribution is -2.29. The van der Waals surface area contributed by atoms with Gasteiger partial charge in [-0.3, -0.25) is 14.5 Å². The Morgan fingerprint density at radius 2 is 1.63 bits per heavy atom. The first-order chi connectivity index (χ1) is 18.3. The van der Waals surface area contributed by atoms with Gasteiger partial charge in [-0.15, -0.1) is 0 Å². The first-order valence-electron chi connectivity index (χ1n) is 13.6. The molecule has 1 unspecified atom stereocenters. The average Bonchev–Trinajstić information content (AvgIpc) is 3.20. The molecular weight excluding hydrogens is 474 g/mol. The van der Waals surface area contributed by atoms with Gasteiger partial charge in [0.15, 0.2) is 0 Å².